The maximum atomic E-state index is 13.3. The van der Waals surface area contributed by atoms with Crippen molar-refractivity contribution in [1.29, 1.82) is 0 Å². The van der Waals surface area contributed by atoms with E-state index in [2.05, 4.69) is 10.3 Å². The van der Waals surface area contributed by atoms with Gasteiger partial charge in [0.15, 0.2) is 0 Å². The monoisotopic (exact) mass is 273 g/mol. The van der Waals surface area contributed by atoms with E-state index in [-0.39, 0.29) is 11.5 Å². The Morgan fingerprint density at radius 2 is 2.05 bits per heavy atom. The average molecular weight is 273 g/mol. The zero-order valence-electron chi connectivity index (χ0n) is 11.6. The lowest BCUT2D eigenvalue weighted by molar-refractivity contribution is 0.0993. The van der Waals surface area contributed by atoms with Gasteiger partial charge in [-0.25, -0.2) is 9.37 Å². The highest BCUT2D eigenvalue weighted by molar-refractivity contribution is 6.09. The standard InChI is InChI=1S/C15H16FN3O/c1-10-6-4-5-7-13(10)19(3)15(20)12-8-11(16)9-18-14(12)17-2/h4-9H,1-3H3,(H,17,18). The van der Waals surface area contributed by atoms with E-state index < -0.39 is 5.82 Å². The molecule has 0 saturated heterocycles. The van der Waals surface area contributed by atoms with Gasteiger partial charge >= 0.3 is 0 Å². The number of para-hydroxylation sites is 1. The van der Waals surface area contributed by atoms with Gasteiger partial charge in [0.25, 0.3) is 5.91 Å². The van der Waals surface area contributed by atoms with Gasteiger partial charge in [0.05, 0.1) is 11.8 Å². The number of carbonyl (C=O) groups is 1. The number of nitrogens with zero attached hydrogens (tertiary/aromatic N) is 2. The van der Waals surface area contributed by atoms with E-state index in [9.17, 15) is 9.18 Å². The number of benzene rings is 1. The van der Waals surface area contributed by atoms with Crippen LogP contribution < -0.4 is 10.2 Å². The minimum Gasteiger partial charge on any atom is -0.372 e. The maximum absolute atomic E-state index is 13.3. The molecule has 4 nitrogen and oxygen atoms in total. The quantitative estimate of drug-likeness (QED) is 0.935. The van der Waals surface area contributed by atoms with Crippen LogP contribution >= 0.6 is 0 Å². The Morgan fingerprint density at radius 1 is 1.35 bits per heavy atom. The molecule has 0 atom stereocenters. The summed E-state index contributed by atoms with van der Waals surface area (Å²) in [6, 6.07) is 8.71. The number of aromatic nitrogens is 1. The van der Waals surface area contributed by atoms with E-state index >= 15 is 0 Å². The molecule has 1 aromatic heterocycles. The van der Waals surface area contributed by atoms with Crippen molar-refractivity contribution in [3.8, 4) is 0 Å². The molecule has 104 valence electrons. The summed E-state index contributed by atoms with van der Waals surface area (Å²) < 4.78 is 13.3. The lowest BCUT2D eigenvalue weighted by atomic mass is 10.1. The Balaban J connectivity index is 2.41. The molecule has 1 heterocycles. The number of rotatable bonds is 3. The number of anilines is 2. The molecule has 2 aromatic rings. The van der Waals surface area contributed by atoms with Gasteiger partial charge in [-0.2, -0.15) is 0 Å². The Hall–Kier alpha value is -2.43. The normalized spacial score (nSPS) is 10.2. The molecule has 2 rings (SSSR count). The van der Waals surface area contributed by atoms with Gasteiger partial charge in [0.1, 0.15) is 11.6 Å². The summed E-state index contributed by atoms with van der Waals surface area (Å²) >= 11 is 0. The molecular formula is C15H16FN3O. The molecule has 0 aliphatic carbocycles. The number of hydrogen-bond donors (Lipinski definition) is 1. The van der Waals surface area contributed by atoms with Gasteiger partial charge in [0.2, 0.25) is 0 Å². The minimum atomic E-state index is -0.537. The second-order valence-electron chi connectivity index (χ2n) is 4.45. The summed E-state index contributed by atoms with van der Waals surface area (Å²) in [6.07, 6.45) is 1.08. The van der Waals surface area contributed by atoms with Gasteiger partial charge in [-0.1, -0.05) is 18.2 Å². The number of carbonyl (C=O) groups excluding carboxylic acids is 1. The van der Waals surface area contributed by atoms with Crippen molar-refractivity contribution in [2.45, 2.75) is 6.92 Å². The molecule has 1 aromatic carbocycles. The SMILES string of the molecule is CNc1ncc(F)cc1C(=O)N(C)c1ccccc1C. The van der Waals surface area contributed by atoms with E-state index in [4.69, 9.17) is 0 Å². The molecule has 1 amide bonds. The van der Waals surface area contributed by atoms with E-state index in [1.807, 2.05) is 31.2 Å². The van der Waals surface area contributed by atoms with Crippen molar-refractivity contribution < 1.29 is 9.18 Å². The van der Waals surface area contributed by atoms with Crippen LogP contribution in [0.5, 0.6) is 0 Å². The van der Waals surface area contributed by atoms with Crippen LogP contribution in [0.15, 0.2) is 36.5 Å². The van der Waals surface area contributed by atoms with Crippen LogP contribution in [0.3, 0.4) is 0 Å². The first kappa shape index (κ1) is 14.0. The molecule has 20 heavy (non-hydrogen) atoms. The highest BCUT2D eigenvalue weighted by atomic mass is 19.1. The fourth-order valence-electron chi connectivity index (χ4n) is 2.03. The van der Waals surface area contributed by atoms with Crippen molar-refractivity contribution in [1.82, 2.24) is 4.98 Å². The van der Waals surface area contributed by atoms with Crippen LogP contribution in [0.25, 0.3) is 0 Å². The lowest BCUT2D eigenvalue weighted by Gasteiger charge is -2.20. The lowest BCUT2D eigenvalue weighted by Crippen LogP contribution is -2.28. The van der Waals surface area contributed by atoms with E-state index in [0.717, 1.165) is 17.4 Å². The predicted octanol–water partition coefficient (Wildman–Crippen LogP) is 2.85. The molecule has 0 saturated carbocycles. The molecule has 0 spiro atoms. The summed E-state index contributed by atoms with van der Waals surface area (Å²) in [5.74, 6) is -0.488. The van der Waals surface area contributed by atoms with Crippen molar-refractivity contribution in [3.05, 3.63) is 53.5 Å². The zero-order chi connectivity index (χ0) is 14.7. The van der Waals surface area contributed by atoms with E-state index in [1.165, 1.54) is 11.0 Å². The topological polar surface area (TPSA) is 45.2 Å². The Labute approximate surface area is 117 Å². The van der Waals surface area contributed by atoms with Crippen molar-refractivity contribution in [2.24, 2.45) is 0 Å². The van der Waals surface area contributed by atoms with Gasteiger partial charge in [-0.05, 0) is 24.6 Å². The van der Waals surface area contributed by atoms with Crippen LogP contribution in [0.2, 0.25) is 0 Å². The molecule has 5 heteroatoms. The van der Waals surface area contributed by atoms with Crippen molar-refractivity contribution in [3.63, 3.8) is 0 Å². The maximum Gasteiger partial charge on any atom is 0.261 e. The molecule has 0 fully saturated rings. The summed E-state index contributed by atoms with van der Waals surface area (Å²) in [7, 11) is 3.31. The molecule has 0 radical (unpaired) electrons. The number of halogens is 1. The Morgan fingerprint density at radius 3 is 2.70 bits per heavy atom. The van der Waals surface area contributed by atoms with Gasteiger partial charge < -0.3 is 10.2 Å². The Bertz CT molecular complexity index is 643. The highest BCUT2D eigenvalue weighted by Crippen LogP contribution is 2.22. The smallest absolute Gasteiger partial charge is 0.261 e. The third-order valence-electron chi connectivity index (χ3n) is 3.10. The van der Waals surface area contributed by atoms with Crippen LogP contribution in [-0.2, 0) is 0 Å². The van der Waals surface area contributed by atoms with Crippen LogP contribution in [0, 0.1) is 12.7 Å². The number of hydrogen-bond acceptors (Lipinski definition) is 3. The largest absolute Gasteiger partial charge is 0.372 e. The summed E-state index contributed by atoms with van der Waals surface area (Å²) in [5.41, 5.74) is 1.96. The second kappa shape index (κ2) is 5.69. The van der Waals surface area contributed by atoms with Crippen LogP contribution in [0.1, 0.15) is 15.9 Å². The minimum absolute atomic E-state index is 0.207. The first-order valence-corrected chi connectivity index (χ1v) is 6.21. The van der Waals surface area contributed by atoms with Crippen molar-refractivity contribution in [2.75, 3.05) is 24.3 Å². The van der Waals surface area contributed by atoms with Crippen LogP contribution in [0.4, 0.5) is 15.9 Å². The van der Waals surface area contributed by atoms with Gasteiger partial charge in [-0.15, -0.1) is 0 Å². The fraction of sp³-hybridized carbons (Fsp3) is 0.200. The first-order chi connectivity index (χ1) is 9.54. The third kappa shape index (κ3) is 2.61. The van der Waals surface area contributed by atoms with Gasteiger partial charge in [0, 0.05) is 19.8 Å². The summed E-state index contributed by atoms with van der Waals surface area (Å²) in [6.45, 7) is 1.92. The third-order valence-corrected chi connectivity index (χ3v) is 3.10. The first-order valence-electron chi connectivity index (χ1n) is 6.21. The molecule has 0 aliphatic heterocycles. The second-order valence-corrected chi connectivity index (χ2v) is 4.45. The zero-order valence-corrected chi connectivity index (χ0v) is 11.6. The number of amides is 1. The molecule has 1 N–H and O–H groups in total. The molecule has 0 bridgehead atoms. The highest BCUT2D eigenvalue weighted by Gasteiger charge is 2.19. The Kier molecular flexibility index (Phi) is 3.98. The predicted molar refractivity (Wildman–Crippen MR) is 77.7 cm³/mol. The average Bonchev–Trinajstić information content (AvgIpc) is 2.46. The summed E-state index contributed by atoms with van der Waals surface area (Å²) in [5, 5.41) is 2.80. The molecule has 0 aliphatic rings. The van der Waals surface area contributed by atoms with E-state index in [1.54, 1.807) is 14.1 Å². The number of pyridine rings is 1. The van der Waals surface area contributed by atoms with Crippen LogP contribution in [-0.4, -0.2) is 25.0 Å². The summed E-state index contributed by atoms with van der Waals surface area (Å²) in [4.78, 5) is 17.9. The van der Waals surface area contributed by atoms with E-state index in [0.29, 0.717) is 5.82 Å². The number of aryl methyl sites for hydroxylation is 1. The fourth-order valence-corrected chi connectivity index (χ4v) is 2.03. The van der Waals surface area contributed by atoms with Crippen molar-refractivity contribution >= 4 is 17.4 Å². The molecular weight excluding hydrogens is 257 g/mol. The molecule has 0 unspecified atom stereocenters. The van der Waals surface area contributed by atoms with Gasteiger partial charge in [-0.3, -0.25) is 4.79 Å². The number of nitrogens with one attached hydrogen (secondary N) is 1.